The van der Waals surface area contributed by atoms with Gasteiger partial charge in [-0.05, 0) is 66.2 Å². The van der Waals surface area contributed by atoms with Crippen molar-refractivity contribution in [3.05, 3.63) is 59.2 Å². The lowest BCUT2D eigenvalue weighted by molar-refractivity contribution is -0.128. The molecule has 170 valence electrons. The Balaban J connectivity index is 1.17. The number of piperidine rings is 1. The van der Waals surface area contributed by atoms with E-state index in [1.165, 1.54) is 17.4 Å². The molecule has 2 aromatic rings. The second-order valence-corrected chi connectivity index (χ2v) is 11.7. The summed E-state index contributed by atoms with van der Waals surface area (Å²) in [5, 5.41) is 0. The molecule has 0 atom stereocenters. The van der Waals surface area contributed by atoms with Gasteiger partial charge in [0.15, 0.2) is 9.84 Å². The van der Waals surface area contributed by atoms with Crippen LogP contribution in [-0.2, 0) is 34.1 Å². The molecule has 0 bridgehead atoms. The lowest BCUT2D eigenvalue weighted by Crippen LogP contribution is -2.41. The van der Waals surface area contributed by atoms with Gasteiger partial charge in [0.25, 0.3) is 0 Å². The number of hydrogen-bond acceptors (Lipinski definition) is 5. The van der Waals surface area contributed by atoms with Crippen molar-refractivity contribution in [1.82, 2.24) is 9.80 Å². The Bertz CT molecular complexity index is 1120. The number of fused-ring (bicyclic) bond motifs is 1. The zero-order chi connectivity index (χ0) is 22.3. The number of carbonyl (C=O) groups is 1. The number of carbonyl (C=O) groups excluding carboxylic acids is 1. The van der Waals surface area contributed by atoms with Crippen LogP contribution in [0, 0.1) is 5.41 Å². The van der Waals surface area contributed by atoms with Crippen molar-refractivity contribution in [2.45, 2.75) is 43.7 Å². The maximum absolute atomic E-state index is 12.8. The van der Waals surface area contributed by atoms with E-state index in [4.69, 9.17) is 4.74 Å². The predicted octanol–water partition coefficient (Wildman–Crippen LogP) is 3.04. The summed E-state index contributed by atoms with van der Waals surface area (Å²) in [5.74, 6) is 1.25. The van der Waals surface area contributed by atoms with E-state index in [1.54, 1.807) is 12.1 Å². The highest BCUT2D eigenvalue weighted by molar-refractivity contribution is 7.90. The van der Waals surface area contributed by atoms with E-state index in [0.717, 1.165) is 63.4 Å². The molecule has 0 N–H and O–H groups in total. The number of ether oxygens (including phenoxy) is 1. The van der Waals surface area contributed by atoms with Gasteiger partial charge in [0.1, 0.15) is 5.75 Å². The molecule has 2 fully saturated rings. The maximum atomic E-state index is 12.8. The Hall–Kier alpha value is -2.38. The second kappa shape index (κ2) is 8.19. The summed E-state index contributed by atoms with van der Waals surface area (Å²) in [4.78, 5) is 17.5. The minimum atomic E-state index is -3.20. The average Bonchev–Trinajstić information content (AvgIpc) is 3.34. The molecule has 0 unspecified atom stereocenters. The van der Waals surface area contributed by atoms with E-state index < -0.39 is 9.84 Å². The average molecular weight is 455 g/mol. The Morgan fingerprint density at radius 3 is 2.44 bits per heavy atom. The van der Waals surface area contributed by atoms with Gasteiger partial charge in [0.05, 0.1) is 11.5 Å². The number of amides is 1. The van der Waals surface area contributed by atoms with E-state index in [9.17, 15) is 13.2 Å². The molecule has 0 radical (unpaired) electrons. The van der Waals surface area contributed by atoms with Crippen molar-refractivity contribution in [2.24, 2.45) is 5.41 Å². The first-order valence-corrected chi connectivity index (χ1v) is 13.2. The molecule has 2 aromatic carbocycles. The fourth-order valence-corrected chi connectivity index (χ4v) is 5.91. The fourth-order valence-electron chi connectivity index (χ4n) is 5.28. The quantitative estimate of drug-likeness (QED) is 0.695. The Morgan fingerprint density at radius 2 is 1.72 bits per heavy atom. The van der Waals surface area contributed by atoms with Crippen LogP contribution in [0.15, 0.2) is 47.4 Å². The molecular weight excluding hydrogens is 424 g/mol. The highest BCUT2D eigenvalue weighted by Gasteiger charge is 2.44. The van der Waals surface area contributed by atoms with Crippen molar-refractivity contribution in [3.63, 3.8) is 0 Å². The first-order chi connectivity index (χ1) is 15.3. The zero-order valence-corrected chi connectivity index (χ0v) is 19.4. The van der Waals surface area contributed by atoms with Gasteiger partial charge in [0.2, 0.25) is 5.91 Å². The lowest BCUT2D eigenvalue weighted by Gasteiger charge is -2.39. The number of benzene rings is 2. The van der Waals surface area contributed by atoms with Crippen LogP contribution in [0.4, 0.5) is 0 Å². The van der Waals surface area contributed by atoms with Gasteiger partial charge in [-0.15, -0.1) is 0 Å². The minimum Gasteiger partial charge on any atom is -0.493 e. The molecule has 2 saturated heterocycles. The van der Waals surface area contributed by atoms with Gasteiger partial charge >= 0.3 is 0 Å². The van der Waals surface area contributed by atoms with Gasteiger partial charge in [-0.3, -0.25) is 9.69 Å². The number of hydrogen-bond donors (Lipinski definition) is 0. The highest BCUT2D eigenvalue weighted by atomic mass is 32.2. The SMILES string of the molecule is CS(=O)(=O)c1ccc(CN2CC3(CCN(Cc4ccc5c(c4)OCC5)CC3)CC2=O)cc1. The molecule has 1 spiro atoms. The van der Waals surface area contributed by atoms with Crippen LogP contribution >= 0.6 is 0 Å². The smallest absolute Gasteiger partial charge is 0.223 e. The van der Waals surface area contributed by atoms with E-state index in [0.29, 0.717) is 17.9 Å². The summed E-state index contributed by atoms with van der Waals surface area (Å²) in [6.07, 6.45) is 4.90. The highest BCUT2D eigenvalue weighted by Crippen LogP contribution is 2.42. The Labute approximate surface area is 190 Å². The monoisotopic (exact) mass is 454 g/mol. The molecule has 6 nitrogen and oxygen atoms in total. The van der Waals surface area contributed by atoms with E-state index in [1.807, 2.05) is 17.0 Å². The Kier molecular flexibility index (Phi) is 5.50. The standard InChI is InChI=1S/C25H30N2O4S/c1-32(29,30)22-6-3-19(4-7-22)17-27-18-25(15-24(27)28)9-11-26(12-10-25)16-20-2-5-21-8-13-31-23(21)14-20/h2-7,14H,8-13,15-18H2,1H3. The van der Waals surface area contributed by atoms with Crippen LogP contribution in [0.3, 0.4) is 0 Å². The van der Waals surface area contributed by atoms with E-state index in [2.05, 4.69) is 23.1 Å². The molecular formula is C25H30N2O4S. The van der Waals surface area contributed by atoms with Gasteiger partial charge in [-0.2, -0.15) is 0 Å². The summed E-state index contributed by atoms with van der Waals surface area (Å²) in [7, 11) is -3.20. The summed E-state index contributed by atoms with van der Waals surface area (Å²) >= 11 is 0. The van der Waals surface area contributed by atoms with Crippen LogP contribution < -0.4 is 4.74 Å². The molecule has 0 aromatic heterocycles. The molecule has 5 rings (SSSR count). The summed E-state index contributed by atoms with van der Waals surface area (Å²) < 4.78 is 29.0. The Morgan fingerprint density at radius 1 is 1.00 bits per heavy atom. The second-order valence-electron chi connectivity index (χ2n) is 9.66. The first-order valence-electron chi connectivity index (χ1n) is 11.3. The molecule has 1 amide bonds. The molecule has 7 heteroatoms. The van der Waals surface area contributed by atoms with Crippen LogP contribution in [0.2, 0.25) is 0 Å². The topological polar surface area (TPSA) is 66.9 Å². The van der Waals surface area contributed by atoms with Crippen molar-refractivity contribution in [2.75, 3.05) is 32.5 Å². The van der Waals surface area contributed by atoms with Crippen LogP contribution in [0.1, 0.15) is 36.0 Å². The van der Waals surface area contributed by atoms with Gasteiger partial charge in [-0.1, -0.05) is 24.3 Å². The third-order valence-corrected chi connectivity index (χ3v) is 8.34. The van der Waals surface area contributed by atoms with Crippen LogP contribution in [-0.4, -0.2) is 56.6 Å². The fraction of sp³-hybridized carbons (Fsp3) is 0.480. The number of sulfone groups is 1. The third kappa shape index (κ3) is 4.41. The lowest BCUT2D eigenvalue weighted by atomic mass is 9.77. The predicted molar refractivity (Wildman–Crippen MR) is 122 cm³/mol. The molecule has 3 aliphatic heterocycles. The van der Waals surface area contributed by atoms with E-state index >= 15 is 0 Å². The zero-order valence-electron chi connectivity index (χ0n) is 18.5. The van der Waals surface area contributed by atoms with Crippen molar-refractivity contribution in [3.8, 4) is 5.75 Å². The third-order valence-electron chi connectivity index (χ3n) is 7.21. The van der Waals surface area contributed by atoms with Gasteiger partial charge < -0.3 is 9.64 Å². The van der Waals surface area contributed by atoms with Crippen LogP contribution in [0.25, 0.3) is 0 Å². The molecule has 32 heavy (non-hydrogen) atoms. The summed E-state index contributed by atoms with van der Waals surface area (Å²) in [6, 6.07) is 13.5. The number of nitrogens with zero attached hydrogens (tertiary/aromatic N) is 2. The largest absolute Gasteiger partial charge is 0.493 e. The summed E-state index contributed by atoms with van der Waals surface area (Å²) in [5.41, 5.74) is 3.64. The molecule has 0 saturated carbocycles. The van der Waals surface area contributed by atoms with Crippen molar-refractivity contribution >= 4 is 15.7 Å². The van der Waals surface area contributed by atoms with E-state index in [-0.39, 0.29) is 11.3 Å². The normalized spacial score (nSPS) is 20.5. The first kappa shape index (κ1) is 21.5. The van der Waals surface area contributed by atoms with Crippen molar-refractivity contribution < 1.29 is 17.9 Å². The summed E-state index contributed by atoms with van der Waals surface area (Å²) in [6.45, 7) is 5.06. The van der Waals surface area contributed by atoms with Gasteiger partial charge in [-0.25, -0.2) is 8.42 Å². The molecule has 0 aliphatic carbocycles. The number of rotatable bonds is 5. The number of likely N-dealkylation sites (tertiary alicyclic amines) is 2. The minimum absolute atomic E-state index is 0.0708. The molecule has 3 aliphatic rings. The van der Waals surface area contributed by atoms with Crippen LogP contribution in [0.5, 0.6) is 5.75 Å². The maximum Gasteiger partial charge on any atom is 0.223 e. The van der Waals surface area contributed by atoms with Gasteiger partial charge in [0, 0.05) is 38.7 Å². The van der Waals surface area contributed by atoms with Crippen molar-refractivity contribution in [1.29, 1.82) is 0 Å². The molecule has 3 heterocycles.